The minimum Gasteiger partial charge on any atom is -0.390 e. The number of anilines is 1. The number of hydrogen-bond acceptors (Lipinski definition) is 3. The topological polar surface area (TPSA) is 56.0 Å². The second kappa shape index (κ2) is 5.69. The van der Waals surface area contributed by atoms with Gasteiger partial charge < -0.3 is 10.4 Å². The molecule has 0 spiro atoms. The van der Waals surface area contributed by atoms with Gasteiger partial charge in [-0.3, -0.25) is 0 Å². The molecule has 1 aromatic carbocycles. The lowest BCUT2D eigenvalue weighted by Crippen LogP contribution is -2.21. The number of halogens is 2. The van der Waals surface area contributed by atoms with Crippen molar-refractivity contribution in [3.63, 3.8) is 0 Å². The number of nitrogens with one attached hydrogen (secondary N) is 1. The Morgan fingerprint density at radius 1 is 1.62 bits per heavy atom. The van der Waals surface area contributed by atoms with Crippen molar-refractivity contribution in [2.75, 3.05) is 17.7 Å². The van der Waals surface area contributed by atoms with Gasteiger partial charge in [0.15, 0.2) is 5.82 Å². The van der Waals surface area contributed by atoms with Crippen molar-refractivity contribution in [3.05, 3.63) is 29.1 Å². The summed E-state index contributed by atoms with van der Waals surface area (Å²) in [5, 5.41) is 20.6. The number of nitriles is 1. The number of benzene rings is 1. The van der Waals surface area contributed by atoms with Crippen LogP contribution in [0.2, 0.25) is 0 Å². The fourth-order valence-electron chi connectivity index (χ4n) is 1.23. The zero-order chi connectivity index (χ0) is 12.1. The number of aliphatic hydroxyl groups excluding tert-OH is 1. The summed E-state index contributed by atoms with van der Waals surface area (Å²) in [5.74, 6) is -0.384. The summed E-state index contributed by atoms with van der Waals surface area (Å²) in [6.07, 6.45) is -0.725. The molecule has 86 valence electrons. The smallest absolute Gasteiger partial charge is 0.150 e. The Bertz CT molecular complexity index is 417. The first-order valence-corrected chi connectivity index (χ1v) is 5.30. The van der Waals surface area contributed by atoms with E-state index in [1.807, 2.05) is 6.07 Å². The lowest BCUT2D eigenvalue weighted by atomic mass is 10.1. The van der Waals surface area contributed by atoms with Crippen LogP contribution in [0.4, 0.5) is 10.1 Å². The van der Waals surface area contributed by atoms with Crippen molar-refractivity contribution in [2.45, 2.75) is 13.0 Å². The van der Waals surface area contributed by atoms with Gasteiger partial charge in [0.05, 0.1) is 29.3 Å². The summed E-state index contributed by atoms with van der Waals surface area (Å²) in [7, 11) is 0. The van der Waals surface area contributed by atoms with E-state index in [1.54, 1.807) is 0 Å². The van der Waals surface area contributed by atoms with Crippen molar-refractivity contribution in [3.8, 4) is 6.07 Å². The van der Waals surface area contributed by atoms with Gasteiger partial charge in [-0.1, -0.05) is 0 Å². The van der Waals surface area contributed by atoms with Crippen LogP contribution in [-0.4, -0.2) is 23.6 Å². The summed E-state index contributed by atoms with van der Waals surface area (Å²) in [5.41, 5.74) is 0.870. The summed E-state index contributed by atoms with van der Waals surface area (Å²) in [6, 6.07) is 4.91. The van der Waals surface area contributed by atoms with Crippen molar-refractivity contribution < 1.29 is 9.50 Å². The first-order chi connectivity index (χ1) is 7.60. The Morgan fingerprint density at radius 2 is 2.31 bits per heavy atom. The molecule has 0 aromatic heterocycles. The van der Waals surface area contributed by atoms with E-state index in [2.05, 4.69) is 5.32 Å². The van der Waals surface area contributed by atoms with Crippen molar-refractivity contribution in [2.24, 2.45) is 0 Å². The van der Waals surface area contributed by atoms with Crippen LogP contribution in [0, 0.1) is 24.1 Å². The molecule has 1 atom stereocenters. The molecule has 0 saturated carbocycles. The van der Waals surface area contributed by atoms with Gasteiger partial charge in [0.2, 0.25) is 0 Å². The molecule has 1 rings (SSSR count). The molecule has 2 N–H and O–H groups in total. The fraction of sp³-hybridized carbons (Fsp3) is 0.364. The average molecular weight is 243 g/mol. The first-order valence-electron chi connectivity index (χ1n) is 4.77. The van der Waals surface area contributed by atoms with Crippen LogP contribution in [0.5, 0.6) is 0 Å². The number of nitrogens with zero attached hydrogens (tertiary/aromatic N) is 1. The highest BCUT2D eigenvalue weighted by molar-refractivity contribution is 6.18. The highest BCUT2D eigenvalue weighted by Crippen LogP contribution is 2.20. The SMILES string of the molecule is Cc1c(C#N)ccc(NCC(O)CCl)c1F. The Hall–Kier alpha value is -1.31. The molecule has 1 aromatic rings. The molecule has 0 fully saturated rings. The number of alkyl halides is 1. The molecular formula is C11H12ClFN2O. The number of rotatable bonds is 4. The van der Waals surface area contributed by atoms with E-state index in [9.17, 15) is 9.50 Å². The average Bonchev–Trinajstić information content (AvgIpc) is 2.30. The van der Waals surface area contributed by atoms with Crippen LogP contribution in [0.15, 0.2) is 12.1 Å². The molecule has 3 nitrogen and oxygen atoms in total. The molecule has 1 unspecified atom stereocenters. The molecule has 0 bridgehead atoms. The van der Waals surface area contributed by atoms with Crippen LogP contribution in [0.1, 0.15) is 11.1 Å². The van der Waals surface area contributed by atoms with Gasteiger partial charge in [0, 0.05) is 12.1 Å². The van der Waals surface area contributed by atoms with E-state index >= 15 is 0 Å². The number of aliphatic hydroxyl groups is 1. The van der Waals surface area contributed by atoms with Crippen LogP contribution >= 0.6 is 11.6 Å². The van der Waals surface area contributed by atoms with E-state index in [4.69, 9.17) is 16.9 Å². The summed E-state index contributed by atoms with van der Waals surface area (Å²) >= 11 is 5.41. The summed E-state index contributed by atoms with van der Waals surface area (Å²) < 4.78 is 13.7. The highest BCUT2D eigenvalue weighted by atomic mass is 35.5. The molecule has 5 heteroatoms. The molecule has 0 heterocycles. The third-order valence-electron chi connectivity index (χ3n) is 2.21. The predicted molar refractivity (Wildman–Crippen MR) is 61.1 cm³/mol. The maximum atomic E-state index is 13.7. The molecule has 0 saturated heterocycles. The van der Waals surface area contributed by atoms with Gasteiger partial charge in [0.1, 0.15) is 0 Å². The second-order valence-electron chi connectivity index (χ2n) is 3.40. The van der Waals surface area contributed by atoms with Gasteiger partial charge in [-0.15, -0.1) is 11.6 Å². The fourth-order valence-corrected chi connectivity index (χ4v) is 1.33. The van der Waals surface area contributed by atoms with Crippen LogP contribution in [-0.2, 0) is 0 Å². The first kappa shape index (κ1) is 12.8. The van der Waals surface area contributed by atoms with Crippen molar-refractivity contribution in [1.82, 2.24) is 0 Å². The van der Waals surface area contributed by atoms with Crippen LogP contribution < -0.4 is 5.32 Å². The second-order valence-corrected chi connectivity index (χ2v) is 3.71. The van der Waals surface area contributed by atoms with E-state index in [-0.39, 0.29) is 18.1 Å². The van der Waals surface area contributed by atoms with Crippen LogP contribution in [0.3, 0.4) is 0 Å². The van der Waals surface area contributed by atoms with Gasteiger partial charge >= 0.3 is 0 Å². The zero-order valence-corrected chi connectivity index (χ0v) is 9.55. The highest BCUT2D eigenvalue weighted by Gasteiger charge is 2.10. The summed E-state index contributed by atoms with van der Waals surface area (Å²) in [4.78, 5) is 0. The van der Waals surface area contributed by atoms with Gasteiger partial charge in [0.25, 0.3) is 0 Å². The van der Waals surface area contributed by atoms with Gasteiger partial charge in [-0.05, 0) is 19.1 Å². The normalized spacial score (nSPS) is 11.9. The molecule has 0 radical (unpaired) electrons. The Morgan fingerprint density at radius 3 is 2.88 bits per heavy atom. The Balaban J connectivity index is 2.84. The molecule has 16 heavy (non-hydrogen) atoms. The monoisotopic (exact) mass is 242 g/mol. The van der Waals surface area contributed by atoms with Crippen molar-refractivity contribution in [1.29, 1.82) is 5.26 Å². The predicted octanol–water partition coefficient (Wildman–Crippen LogP) is 2.02. The zero-order valence-electron chi connectivity index (χ0n) is 8.80. The van der Waals surface area contributed by atoms with Crippen molar-refractivity contribution >= 4 is 17.3 Å². The molecular weight excluding hydrogens is 231 g/mol. The van der Waals surface area contributed by atoms with E-state index in [0.717, 1.165) is 0 Å². The Kier molecular flexibility index (Phi) is 4.53. The molecule has 0 amide bonds. The minimum atomic E-state index is -0.725. The Labute approximate surface area is 98.5 Å². The third kappa shape index (κ3) is 2.84. The third-order valence-corrected chi connectivity index (χ3v) is 2.57. The standard InChI is InChI=1S/C11H12ClFN2O/c1-7-8(5-14)2-3-10(11(7)13)15-6-9(16)4-12/h2-3,9,15-16H,4,6H2,1H3. The van der Waals surface area contributed by atoms with Gasteiger partial charge in [-0.2, -0.15) is 5.26 Å². The molecule has 0 aliphatic rings. The lowest BCUT2D eigenvalue weighted by Gasteiger charge is -2.12. The molecule has 0 aliphatic heterocycles. The largest absolute Gasteiger partial charge is 0.390 e. The van der Waals surface area contributed by atoms with Crippen LogP contribution in [0.25, 0.3) is 0 Å². The number of hydrogen-bond donors (Lipinski definition) is 2. The maximum absolute atomic E-state index is 13.7. The maximum Gasteiger partial charge on any atom is 0.150 e. The van der Waals surface area contributed by atoms with E-state index in [1.165, 1.54) is 19.1 Å². The van der Waals surface area contributed by atoms with Gasteiger partial charge in [-0.25, -0.2) is 4.39 Å². The van der Waals surface area contributed by atoms with E-state index in [0.29, 0.717) is 11.1 Å². The quantitative estimate of drug-likeness (QED) is 0.795. The molecule has 0 aliphatic carbocycles. The summed E-state index contributed by atoms with van der Waals surface area (Å²) in [6.45, 7) is 1.71. The van der Waals surface area contributed by atoms with E-state index < -0.39 is 11.9 Å². The minimum absolute atomic E-state index is 0.0872. The lowest BCUT2D eigenvalue weighted by molar-refractivity contribution is 0.211.